The van der Waals surface area contributed by atoms with Crippen molar-refractivity contribution in [2.75, 3.05) is 17.2 Å². The number of aryl methyl sites for hydroxylation is 2. The highest BCUT2D eigenvalue weighted by atomic mass is 16.3. The molecule has 30 heavy (non-hydrogen) atoms. The molecule has 3 aromatic rings. The van der Waals surface area contributed by atoms with Gasteiger partial charge in [-0.15, -0.1) is 0 Å². The maximum absolute atomic E-state index is 10.4. The highest BCUT2D eigenvalue weighted by Gasteiger charge is 2.15. The van der Waals surface area contributed by atoms with Crippen LogP contribution in [0.25, 0.3) is 0 Å². The lowest BCUT2D eigenvalue weighted by atomic mass is 10.0. The van der Waals surface area contributed by atoms with Crippen LogP contribution in [0.3, 0.4) is 0 Å². The van der Waals surface area contributed by atoms with Crippen molar-refractivity contribution in [1.29, 1.82) is 0 Å². The predicted molar refractivity (Wildman–Crippen MR) is 128 cm³/mol. The van der Waals surface area contributed by atoms with E-state index in [9.17, 15) is 5.11 Å². The van der Waals surface area contributed by atoms with Crippen LogP contribution < -0.4 is 16.4 Å². The fraction of sp³-hybridized carbons (Fsp3) is 0.308. The first-order valence-corrected chi connectivity index (χ1v) is 10.8. The summed E-state index contributed by atoms with van der Waals surface area (Å²) in [5.41, 5.74) is 13.2. The minimum Gasteiger partial charge on any atom is -0.390 e. The van der Waals surface area contributed by atoms with E-state index >= 15 is 0 Å². The van der Waals surface area contributed by atoms with Crippen LogP contribution in [0.2, 0.25) is 0 Å². The summed E-state index contributed by atoms with van der Waals surface area (Å²) in [6.07, 6.45) is 2.08. The van der Waals surface area contributed by atoms with Crippen LogP contribution in [-0.4, -0.2) is 23.8 Å². The first-order chi connectivity index (χ1) is 14.6. The largest absolute Gasteiger partial charge is 0.390 e. The number of aliphatic hydroxyl groups excluding tert-OH is 1. The first kappa shape index (κ1) is 21.9. The van der Waals surface area contributed by atoms with Gasteiger partial charge in [0.15, 0.2) is 0 Å². The molecule has 3 rings (SSSR count). The summed E-state index contributed by atoms with van der Waals surface area (Å²) >= 11 is 0. The number of benzene rings is 3. The van der Waals surface area contributed by atoms with Gasteiger partial charge in [0.25, 0.3) is 0 Å². The highest BCUT2D eigenvalue weighted by Crippen LogP contribution is 2.24. The third-order valence-corrected chi connectivity index (χ3v) is 5.45. The molecular formula is C26H33N3O. The Bertz CT molecular complexity index is 909. The molecule has 0 aliphatic heterocycles. The van der Waals surface area contributed by atoms with E-state index in [0.29, 0.717) is 13.0 Å². The van der Waals surface area contributed by atoms with Gasteiger partial charge in [-0.3, -0.25) is 0 Å². The Morgan fingerprint density at radius 3 is 2.20 bits per heavy atom. The molecule has 0 unspecified atom stereocenters. The minimum absolute atomic E-state index is 0.306. The normalized spacial score (nSPS) is 12.9. The molecule has 0 radical (unpaired) electrons. The van der Waals surface area contributed by atoms with Gasteiger partial charge in [-0.05, 0) is 66.3 Å². The third-order valence-electron chi connectivity index (χ3n) is 5.45. The van der Waals surface area contributed by atoms with E-state index in [4.69, 9.17) is 5.73 Å². The van der Waals surface area contributed by atoms with E-state index < -0.39 is 6.10 Å². The van der Waals surface area contributed by atoms with Crippen molar-refractivity contribution in [3.63, 3.8) is 0 Å². The number of hydrogen-bond acceptors (Lipinski definition) is 4. The molecule has 4 heteroatoms. The zero-order valence-corrected chi connectivity index (χ0v) is 17.9. The van der Waals surface area contributed by atoms with Gasteiger partial charge >= 0.3 is 0 Å². The SMILES string of the molecule is CCc1ccc(Nc2ccc(NC[C@@H](O)[C@@H](N)Cc3ccccc3)cc2)c(CC)c1. The molecule has 0 amide bonds. The molecule has 5 N–H and O–H groups in total. The molecule has 0 heterocycles. The van der Waals surface area contributed by atoms with Crippen LogP contribution in [0, 0.1) is 0 Å². The molecule has 0 aliphatic rings. The predicted octanol–water partition coefficient (Wildman–Crippen LogP) is 4.90. The van der Waals surface area contributed by atoms with Gasteiger partial charge in [-0.25, -0.2) is 0 Å². The van der Waals surface area contributed by atoms with Crippen LogP contribution in [0.4, 0.5) is 17.1 Å². The summed E-state index contributed by atoms with van der Waals surface area (Å²) in [5, 5.41) is 17.2. The molecule has 0 bridgehead atoms. The minimum atomic E-state index is -0.618. The molecule has 0 aliphatic carbocycles. The second-order valence-corrected chi connectivity index (χ2v) is 7.70. The molecule has 0 spiro atoms. The highest BCUT2D eigenvalue weighted by molar-refractivity contribution is 5.65. The average molecular weight is 404 g/mol. The number of anilines is 3. The standard InChI is InChI=1S/C26H33N3O/c1-3-19-10-15-25(21(4-2)16-19)29-23-13-11-22(12-14-23)28-18-26(30)24(27)17-20-8-6-5-7-9-20/h5-16,24,26,28-30H,3-4,17-18,27H2,1-2H3/t24-,26+/m0/s1. The van der Waals surface area contributed by atoms with Gasteiger partial charge in [-0.2, -0.15) is 0 Å². The van der Waals surface area contributed by atoms with Crippen LogP contribution in [0.5, 0.6) is 0 Å². The molecule has 158 valence electrons. The number of aliphatic hydroxyl groups is 1. The van der Waals surface area contributed by atoms with Crippen LogP contribution >= 0.6 is 0 Å². The monoisotopic (exact) mass is 403 g/mol. The lowest BCUT2D eigenvalue weighted by molar-refractivity contribution is 0.156. The summed E-state index contributed by atoms with van der Waals surface area (Å²) in [7, 11) is 0. The van der Waals surface area contributed by atoms with E-state index in [2.05, 4.69) is 42.7 Å². The first-order valence-electron chi connectivity index (χ1n) is 10.8. The quantitative estimate of drug-likeness (QED) is 0.389. The van der Waals surface area contributed by atoms with Gasteiger partial charge in [0.05, 0.1) is 6.10 Å². The van der Waals surface area contributed by atoms with Crippen molar-refractivity contribution in [2.24, 2.45) is 5.73 Å². The number of nitrogens with one attached hydrogen (secondary N) is 2. The third kappa shape index (κ3) is 6.09. The lowest BCUT2D eigenvalue weighted by Crippen LogP contribution is -2.41. The number of nitrogens with two attached hydrogens (primary N) is 1. The van der Waals surface area contributed by atoms with Gasteiger partial charge in [0.1, 0.15) is 0 Å². The van der Waals surface area contributed by atoms with E-state index in [0.717, 1.165) is 35.5 Å². The lowest BCUT2D eigenvalue weighted by Gasteiger charge is -2.20. The molecule has 4 nitrogen and oxygen atoms in total. The second kappa shape index (κ2) is 10.8. The Hall–Kier alpha value is -2.82. The van der Waals surface area contributed by atoms with Crippen molar-refractivity contribution >= 4 is 17.1 Å². The fourth-order valence-corrected chi connectivity index (χ4v) is 3.50. The van der Waals surface area contributed by atoms with Crippen LogP contribution in [0.1, 0.15) is 30.5 Å². The molecule has 2 atom stereocenters. The summed E-state index contributed by atoms with van der Waals surface area (Å²) in [6.45, 7) is 4.78. The Morgan fingerprint density at radius 2 is 1.53 bits per heavy atom. The van der Waals surface area contributed by atoms with Crippen molar-refractivity contribution in [3.05, 3.63) is 89.5 Å². The summed E-state index contributed by atoms with van der Waals surface area (Å²) in [4.78, 5) is 0. The molecule has 0 saturated heterocycles. The van der Waals surface area contributed by atoms with Crippen molar-refractivity contribution in [2.45, 2.75) is 45.3 Å². The Balaban J connectivity index is 1.53. The Kier molecular flexibility index (Phi) is 7.89. The van der Waals surface area contributed by atoms with Gasteiger partial charge in [0.2, 0.25) is 0 Å². The number of rotatable bonds is 10. The maximum atomic E-state index is 10.4. The van der Waals surface area contributed by atoms with Crippen molar-refractivity contribution < 1.29 is 5.11 Å². The molecule has 0 saturated carbocycles. The Labute approximate surface area is 180 Å². The zero-order valence-electron chi connectivity index (χ0n) is 17.9. The molecule has 3 aromatic carbocycles. The molecular weight excluding hydrogens is 370 g/mol. The van der Waals surface area contributed by atoms with E-state index in [1.54, 1.807) is 0 Å². The fourth-order valence-electron chi connectivity index (χ4n) is 3.50. The van der Waals surface area contributed by atoms with E-state index in [1.165, 1.54) is 11.1 Å². The smallest absolute Gasteiger partial charge is 0.0866 e. The molecule has 0 fully saturated rings. The van der Waals surface area contributed by atoms with Crippen LogP contribution in [0.15, 0.2) is 72.8 Å². The van der Waals surface area contributed by atoms with E-state index in [-0.39, 0.29) is 6.04 Å². The van der Waals surface area contributed by atoms with Gasteiger partial charge in [0, 0.05) is 29.6 Å². The number of hydrogen-bond donors (Lipinski definition) is 4. The summed E-state index contributed by atoms with van der Waals surface area (Å²) < 4.78 is 0. The topological polar surface area (TPSA) is 70.3 Å². The van der Waals surface area contributed by atoms with E-state index in [1.807, 2.05) is 54.6 Å². The summed E-state index contributed by atoms with van der Waals surface area (Å²) in [6, 6.07) is 24.5. The summed E-state index contributed by atoms with van der Waals surface area (Å²) in [5.74, 6) is 0. The van der Waals surface area contributed by atoms with Crippen LogP contribution in [-0.2, 0) is 19.3 Å². The maximum Gasteiger partial charge on any atom is 0.0866 e. The Morgan fingerprint density at radius 1 is 0.833 bits per heavy atom. The second-order valence-electron chi connectivity index (χ2n) is 7.70. The average Bonchev–Trinajstić information content (AvgIpc) is 2.79. The molecule has 0 aromatic heterocycles. The van der Waals surface area contributed by atoms with Gasteiger partial charge < -0.3 is 21.5 Å². The van der Waals surface area contributed by atoms with Gasteiger partial charge in [-0.1, -0.05) is 56.3 Å². The van der Waals surface area contributed by atoms with Crippen molar-refractivity contribution in [1.82, 2.24) is 0 Å². The zero-order chi connectivity index (χ0) is 21.3. The van der Waals surface area contributed by atoms with Crippen molar-refractivity contribution in [3.8, 4) is 0 Å².